The van der Waals surface area contributed by atoms with E-state index in [1.165, 1.54) is 11.1 Å². The summed E-state index contributed by atoms with van der Waals surface area (Å²) >= 11 is 0. The second kappa shape index (κ2) is 4.37. The molecule has 0 spiro atoms. The van der Waals surface area contributed by atoms with Crippen LogP contribution in [0.5, 0.6) is 0 Å². The third kappa shape index (κ3) is 2.35. The number of nitrogens with zero attached hydrogens (tertiary/aromatic N) is 2. The number of hydrogen-bond donors (Lipinski definition) is 1. The molecule has 1 aromatic carbocycles. The summed E-state index contributed by atoms with van der Waals surface area (Å²) in [6.07, 6.45) is 2.64. The Kier molecular flexibility index (Phi) is 2.81. The van der Waals surface area contributed by atoms with E-state index in [1.807, 2.05) is 11.9 Å². The number of aromatic amines is 1. The zero-order valence-electron chi connectivity index (χ0n) is 11.7. The Morgan fingerprint density at radius 1 is 1.37 bits per heavy atom. The number of likely N-dealkylation sites (N-methyl/N-ethyl adjacent to an activating group) is 1. The van der Waals surface area contributed by atoms with E-state index in [4.69, 9.17) is 0 Å². The van der Waals surface area contributed by atoms with Gasteiger partial charge in [0.15, 0.2) is 0 Å². The van der Waals surface area contributed by atoms with Gasteiger partial charge in [0.2, 0.25) is 5.91 Å². The fraction of sp³-hybridized carbons (Fsp3) is 0.467. The SMILES string of the molecule is Cc1cc2nc(CC(=O)N(C)C3CC3)[nH]c2cc1C. The minimum atomic E-state index is 0.148. The van der Waals surface area contributed by atoms with Gasteiger partial charge in [0.05, 0.1) is 17.5 Å². The second-order valence-corrected chi connectivity index (χ2v) is 5.55. The average Bonchev–Trinajstić information content (AvgIpc) is 3.13. The molecular formula is C15H19N3O. The van der Waals surface area contributed by atoms with Gasteiger partial charge in [-0.3, -0.25) is 4.79 Å². The summed E-state index contributed by atoms with van der Waals surface area (Å²) in [4.78, 5) is 21.7. The predicted molar refractivity (Wildman–Crippen MR) is 75.1 cm³/mol. The molecule has 1 aromatic heterocycles. The molecule has 1 aliphatic carbocycles. The lowest BCUT2D eigenvalue weighted by atomic mass is 10.1. The van der Waals surface area contributed by atoms with Crippen LogP contribution in [0.3, 0.4) is 0 Å². The Morgan fingerprint density at radius 2 is 2.05 bits per heavy atom. The number of aromatic nitrogens is 2. The largest absolute Gasteiger partial charge is 0.342 e. The maximum atomic E-state index is 12.1. The van der Waals surface area contributed by atoms with Crippen LogP contribution in [0.2, 0.25) is 0 Å². The van der Waals surface area contributed by atoms with Gasteiger partial charge in [-0.05, 0) is 49.9 Å². The molecule has 1 saturated carbocycles. The highest BCUT2D eigenvalue weighted by Crippen LogP contribution is 2.26. The number of hydrogen-bond acceptors (Lipinski definition) is 2. The van der Waals surface area contributed by atoms with E-state index >= 15 is 0 Å². The van der Waals surface area contributed by atoms with E-state index in [2.05, 4.69) is 35.9 Å². The number of imidazole rings is 1. The third-order valence-corrected chi connectivity index (χ3v) is 3.95. The number of fused-ring (bicyclic) bond motifs is 1. The Bertz CT molecular complexity index is 601. The van der Waals surface area contributed by atoms with E-state index < -0.39 is 0 Å². The van der Waals surface area contributed by atoms with Gasteiger partial charge in [-0.25, -0.2) is 4.98 Å². The molecule has 1 aliphatic rings. The maximum absolute atomic E-state index is 12.1. The van der Waals surface area contributed by atoms with Crippen LogP contribution in [-0.4, -0.2) is 33.9 Å². The Balaban J connectivity index is 1.83. The van der Waals surface area contributed by atoms with Crippen molar-refractivity contribution in [3.05, 3.63) is 29.1 Å². The molecular weight excluding hydrogens is 238 g/mol. The summed E-state index contributed by atoms with van der Waals surface area (Å²) in [5.41, 5.74) is 4.43. The molecule has 0 bridgehead atoms. The quantitative estimate of drug-likeness (QED) is 0.917. The molecule has 1 amide bonds. The molecule has 2 aromatic rings. The first-order valence-corrected chi connectivity index (χ1v) is 6.76. The summed E-state index contributed by atoms with van der Waals surface area (Å²) in [5, 5.41) is 0. The lowest BCUT2D eigenvalue weighted by Gasteiger charge is -2.14. The molecule has 3 rings (SSSR count). The van der Waals surface area contributed by atoms with Crippen molar-refractivity contribution in [2.45, 2.75) is 39.2 Å². The molecule has 1 N–H and O–H groups in total. The van der Waals surface area contributed by atoms with Gasteiger partial charge in [0.25, 0.3) is 0 Å². The van der Waals surface area contributed by atoms with Crippen molar-refractivity contribution in [3.63, 3.8) is 0 Å². The number of carbonyl (C=O) groups excluding carboxylic acids is 1. The van der Waals surface area contributed by atoms with E-state index in [9.17, 15) is 4.79 Å². The van der Waals surface area contributed by atoms with Crippen molar-refractivity contribution in [1.82, 2.24) is 14.9 Å². The zero-order valence-corrected chi connectivity index (χ0v) is 11.7. The average molecular weight is 257 g/mol. The fourth-order valence-corrected chi connectivity index (χ4v) is 2.34. The molecule has 0 aliphatic heterocycles. The molecule has 0 radical (unpaired) electrons. The molecule has 0 atom stereocenters. The van der Waals surface area contributed by atoms with Crippen molar-refractivity contribution in [2.24, 2.45) is 0 Å². The smallest absolute Gasteiger partial charge is 0.230 e. The van der Waals surface area contributed by atoms with Crippen LogP contribution >= 0.6 is 0 Å². The van der Waals surface area contributed by atoms with Crippen LogP contribution < -0.4 is 0 Å². The number of amides is 1. The van der Waals surface area contributed by atoms with Gasteiger partial charge < -0.3 is 9.88 Å². The van der Waals surface area contributed by atoms with Gasteiger partial charge in [-0.1, -0.05) is 0 Å². The van der Waals surface area contributed by atoms with Gasteiger partial charge >= 0.3 is 0 Å². The van der Waals surface area contributed by atoms with Gasteiger partial charge in [0.1, 0.15) is 5.82 Å². The molecule has 0 saturated heterocycles. The first kappa shape index (κ1) is 12.2. The highest BCUT2D eigenvalue weighted by atomic mass is 16.2. The number of rotatable bonds is 3. The van der Waals surface area contributed by atoms with E-state index in [0.29, 0.717) is 12.5 Å². The molecule has 19 heavy (non-hydrogen) atoms. The molecule has 1 fully saturated rings. The summed E-state index contributed by atoms with van der Waals surface area (Å²) in [6, 6.07) is 4.62. The first-order valence-electron chi connectivity index (χ1n) is 6.76. The number of benzene rings is 1. The predicted octanol–water partition coefficient (Wildman–Crippen LogP) is 2.34. The zero-order chi connectivity index (χ0) is 13.6. The number of carbonyl (C=O) groups is 1. The van der Waals surface area contributed by atoms with E-state index in [0.717, 1.165) is 29.7 Å². The topological polar surface area (TPSA) is 49.0 Å². The Hall–Kier alpha value is -1.84. The number of aryl methyl sites for hydroxylation is 2. The molecule has 4 heteroatoms. The van der Waals surface area contributed by atoms with Crippen LogP contribution in [0.1, 0.15) is 29.8 Å². The number of H-pyrrole nitrogens is 1. The highest BCUT2D eigenvalue weighted by Gasteiger charge is 2.29. The summed E-state index contributed by atoms with van der Waals surface area (Å²) < 4.78 is 0. The standard InChI is InChI=1S/C15H19N3O/c1-9-6-12-13(7-10(9)2)17-14(16-12)8-15(19)18(3)11-4-5-11/h6-7,11H,4-5,8H2,1-3H3,(H,16,17). The van der Waals surface area contributed by atoms with Gasteiger partial charge in [-0.15, -0.1) is 0 Å². The summed E-state index contributed by atoms with van der Waals surface area (Å²) in [5.74, 6) is 0.910. The van der Waals surface area contributed by atoms with Gasteiger partial charge in [0, 0.05) is 13.1 Å². The van der Waals surface area contributed by atoms with Crippen LogP contribution in [0.25, 0.3) is 11.0 Å². The molecule has 100 valence electrons. The van der Waals surface area contributed by atoms with Crippen LogP contribution in [0.15, 0.2) is 12.1 Å². The monoisotopic (exact) mass is 257 g/mol. The first-order chi connectivity index (χ1) is 9.04. The van der Waals surface area contributed by atoms with Crippen LogP contribution in [-0.2, 0) is 11.2 Å². The lowest BCUT2D eigenvalue weighted by molar-refractivity contribution is -0.129. The maximum Gasteiger partial charge on any atom is 0.230 e. The minimum Gasteiger partial charge on any atom is -0.342 e. The van der Waals surface area contributed by atoms with E-state index in [1.54, 1.807) is 0 Å². The van der Waals surface area contributed by atoms with Gasteiger partial charge in [-0.2, -0.15) is 0 Å². The lowest BCUT2D eigenvalue weighted by Crippen LogP contribution is -2.30. The highest BCUT2D eigenvalue weighted by molar-refractivity contribution is 5.81. The van der Waals surface area contributed by atoms with Crippen molar-refractivity contribution in [2.75, 3.05) is 7.05 Å². The summed E-state index contributed by atoms with van der Waals surface area (Å²) in [6.45, 7) is 4.16. The van der Waals surface area contributed by atoms with Crippen molar-refractivity contribution in [1.29, 1.82) is 0 Å². The fourth-order valence-electron chi connectivity index (χ4n) is 2.34. The Labute approximate surface area is 112 Å². The third-order valence-electron chi connectivity index (χ3n) is 3.95. The summed E-state index contributed by atoms with van der Waals surface area (Å²) in [7, 11) is 1.89. The normalized spacial score (nSPS) is 14.9. The number of nitrogens with one attached hydrogen (secondary N) is 1. The van der Waals surface area contributed by atoms with Crippen molar-refractivity contribution < 1.29 is 4.79 Å². The van der Waals surface area contributed by atoms with Crippen LogP contribution in [0.4, 0.5) is 0 Å². The molecule has 4 nitrogen and oxygen atoms in total. The van der Waals surface area contributed by atoms with E-state index in [-0.39, 0.29) is 5.91 Å². The minimum absolute atomic E-state index is 0.148. The van der Waals surface area contributed by atoms with Crippen molar-refractivity contribution >= 4 is 16.9 Å². The molecule has 0 unspecified atom stereocenters. The Morgan fingerprint density at radius 3 is 2.74 bits per heavy atom. The molecule has 1 heterocycles. The van der Waals surface area contributed by atoms with Crippen molar-refractivity contribution in [3.8, 4) is 0 Å². The van der Waals surface area contributed by atoms with Crippen LogP contribution in [0, 0.1) is 13.8 Å². The second-order valence-electron chi connectivity index (χ2n) is 5.55.